The van der Waals surface area contributed by atoms with Crippen LogP contribution in [-0.2, 0) is 0 Å². The maximum Gasteiger partial charge on any atom is 0.280 e. The Morgan fingerprint density at radius 1 is 0.778 bits per heavy atom. The van der Waals surface area contributed by atoms with Crippen molar-refractivity contribution < 1.29 is 20.0 Å². The normalized spacial score (nSPS) is 13.0. The van der Waals surface area contributed by atoms with Crippen LogP contribution in [0.2, 0.25) is 0 Å². The van der Waals surface area contributed by atoms with Gasteiger partial charge in [-0.1, -0.05) is 39.3 Å². The number of anilines is 1. The molecule has 1 aliphatic heterocycles. The van der Waals surface area contributed by atoms with Gasteiger partial charge in [-0.3, -0.25) is 10.1 Å². The number of fused-ring (bicyclic) bond motifs is 1. The second-order valence-corrected chi connectivity index (χ2v) is 7.29. The number of nitrogens with zero attached hydrogens (tertiary/aromatic N) is 8. The van der Waals surface area contributed by atoms with E-state index in [0.717, 1.165) is 11.3 Å². The molecule has 0 bridgehead atoms. The smallest absolute Gasteiger partial charge is 0.280 e. The largest absolute Gasteiger partial charge is 0.388 e. The highest BCUT2D eigenvalue weighted by Gasteiger charge is 2.39. The molecule has 2 aromatic carbocycles. The van der Waals surface area contributed by atoms with Gasteiger partial charge in [-0.05, 0) is 24.3 Å². The molecule has 2 heterocycles. The molecule has 17 nitrogen and oxygen atoms in total. The highest BCUT2D eigenvalue weighted by atomic mass is 16.7. The summed E-state index contributed by atoms with van der Waals surface area (Å²) >= 11 is 0. The Hall–Kier alpha value is -5.35. The Morgan fingerprint density at radius 3 is 1.72 bits per heavy atom. The zero-order chi connectivity index (χ0) is 26.4. The van der Waals surface area contributed by atoms with Crippen LogP contribution < -0.4 is 5.32 Å². The molecule has 36 heavy (non-hydrogen) atoms. The van der Waals surface area contributed by atoms with Gasteiger partial charge in [0.25, 0.3) is 5.69 Å². The Morgan fingerprint density at radius 2 is 1.28 bits per heavy atom. The predicted molar refractivity (Wildman–Crippen MR) is 124 cm³/mol. The van der Waals surface area contributed by atoms with E-state index in [4.69, 9.17) is 0 Å². The van der Waals surface area contributed by atoms with E-state index in [-0.39, 0.29) is 10.6 Å². The standard InChI is InChI=1S/C16H13N3O2.C3H6N6O6/c1-17-12-8-6-11(7-9-12)15-10-16(19(20)21)13-4-2-3-5-14(13)18-15;10-7(11)4-1-5(8(12)13)3-6(2-4)9(14)15/h2-10,17H,1H3;1-3H2. The monoisotopic (exact) mass is 501 g/mol. The third-order valence-electron chi connectivity index (χ3n) is 5.03. The molecule has 0 amide bonds. The summed E-state index contributed by atoms with van der Waals surface area (Å²) in [6.45, 7) is -1.78. The lowest BCUT2D eigenvalue weighted by molar-refractivity contribution is -0.775. The van der Waals surface area contributed by atoms with Crippen LogP contribution >= 0.6 is 0 Å². The number of hydrogen-bond acceptors (Lipinski definition) is 10. The molecular formula is C19H19N9O8. The quantitative estimate of drug-likeness (QED) is 0.380. The van der Waals surface area contributed by atoms with Gasteiger partial charge in [-0.25, -0.2) is 35.3 Å². The maximum absolute atomic E-state index is 11.3. The van der Waals surface area contributed by atoms with Crippen LogP contribution in [-0.4, -0.2) is 67.1 Å². The number of aromatic nitrogens is 1. The Labute approximate surface area is 201 Å². The molecule has 4 rings (SSSR count). The lowest BCUT2D eigenvalue weighted by atomic mass is 10.1. The molecule has 0 unspecified atom stereocenters. The van der Waals surface area contributed by atoms with Crippen LogP contribution in [0.3, 0.4) is 0 Å². The highest BCUT2D eigenvalue weighted by Crippen LogP contribution is 2.30. The van der Waals surface area contributed by atoms with Gasteiger partial charge in [0.05, 0.1) is 21.5 Å². The zero-order valence-electron chi connectivity index (χ0n) is 18.7. The molecule has 0 aliphatic carbocycles. The van der Waals surface area contributed by atoms with E-state index in [2.05, 4.69) is 10.3 Å². The molecule has 0 radical (unpaired) electrons. The first-order valence-corrected chi connectivity index (χ1v) is 10.1. The van der Waals surface area contributed by atoms with Crippen molar-refractivity contribution >= 4 is 22.3 Å². The molecule has 0 atom stereocenters. The van der Waals surface area contributed by atoms with Crippen LogP contribution in [0.5, 0.6) is 0 Å². The Bertz CT molecular complexity index is 1250. The molecule has 3 aromatic rings. The van der Waals surface area contributed by atoms with Crippen molar-refractivity contribution in [3.63, 3.8) is 0 Å². The van der Waals surface area contributed by atoms with Gasteiger partial charge in [-0.2, -0.15) is 0 Å². The topological polar surface area (TPSA) is 207 Å². The molecule has 17 heteroatoms. The van der Waals surface area contributed by atoms with Gasteiger partial charge in [0, 0.05) is 24.4 Å². The Balaban J connectivity index is 0.000000214. The first kappa shape index (κ1) is 25.3. The third kappa shape index (κ3) is 5.76. The summed E-state index contributed by atoms with van der Waals surface area (Å²) in [5.74, 6) is 0. The number of pyridine rings is 1. The number of benzene rings is 2. The van der Waals surface area contributed by atoms with E-state index in [1.165, 1.54) is 6.07 Å². The number of para-hydroxylation sites is 1. The molecular weight excluding hydrogens is 482 g/mol. The Kier molecular flexibility index (Phi) is 7.53. The fourth-order valence-electron chi connectivity index (χ4n) is 3.27. The lowest BCUT2D eigenvalue weighted by Gasteiger charge is -2.27. The molecule has 0 spiro atoms. The molecule has 188 valence electrons. The van der Waals surface area contributed by atoms with E-state index in [1.54, 1.807) is 18.2 Å². The molecule has 1 saturated heterocycles. The van der Waals surface area contributed by atoms with Crippen molar-refractivity contribution in [2.75, 3.05) is 32.4 Å². The van der Waals surface area contributed by atoms with Gasteiger partial charge in [0.15, 0.2) is 15.1 Å². The van der Waals surface area contributed by atoms with E-state index < -0.39 is 35.1 Å². The van der Waals surface area contributed by atoms with Crippen LogP contribution in [0.4, 0.5) is 11.4 Å². The number of nitro groups is 4. The van der Waals surface area contributed by atoms with Crippen molar-refractivity contribution in [3.05, 3.63) is 95.1 Å². The van der Waals surface area contributed by atoms with E-state index in [9.17, 15) is 40.5 Å². The fourth-order valence-corrected chi connectivity index (χ4v) is 3.27. The van der Waals surface area contributed by atoms with E-state index in [1.807, 2.05) is 37.4 Å². The number of rotatable bonds is 6. The van der Waals surface area contributed by atoms with Crippen molar-refractivity contribution in [1.29, 1.82) is 0 Å². The summed E-state index contributed by atoms with van der Waals surface area (Å²) in [6.07, 6.45) is 0. The van der Waals surface area contributed by atoms with Crippen LogP contribution in [0.15, 0.2) is 54.6 Å². The van der Waals surface area contributed by atoms with Crippen LogP contribution in [0.1, 0.15) is 0 Å². The summed E-state index contributed by atoms with van der Waals surface area (Å²) in [7, 11) is 1.84. The van der Waals surface area contributed by atoms with Crippen LogP contribution in [0, 0.1) is 40.5 Å². The van der Waals surface area contributed by atoms with Gasteiger partial charge in [0.2, 0.25) is 20.0 Å². The highest BCUT2D eigenvalue weighted by molar-refractivity contribution is 5.90. The van der Waals surface area contributed by atoms with Crippen molar-refractivity contribution in [2.45, 2.75) is 0 Å². The second kappa shape index (κ2) is 10.7. The second-order valence-electron chi connectivity index (χ2n) is 7.29. The fraction of sp³-hybridized carbons (Fsp3) is 0.211. The van der Waals surface area contributed by atoms with Crippen molar-refractivity contribution in [1.82, 2.24) is 20.0 Å². The molecule has 0 saturated carbocycles. The third-order valence-corrected chi connectivity index (χ3v) is 5.03. The molecule has 1 aromatic heterocycles. The van der Waals surface area contributed by atoms with Gasteiger partial charge in [-0.15, -0.1) is 0 Å². The first-order chi connectivity index (χ1) is 17.1. The maximum atomic E-state index is 11.3. The molecule has 1 aliphatic rings. The number of hydrazine groups is 3. The average molecular weight is 501 g/mol. The molecule has 1 fully saturated rings. The number of hydrogen-bond donors (Lipinski definition) is 1. The minimum absolute atomic E-state index is 0.0771. The average Bonchev–Trinajstić information content (AvgIpc) is 2.88. The van der Waals surface area contributed by atoms with E-state index >= 15 is 0 Å². The van der Waals surface area contributed by atoms with Gasteiger partial charge in [0.1, 0.15) is 0 Å². The predicted octanol–water partition coefficient (Wildman–Crippen LogP) is 2.21. The summed E-state index contributed by atoms with van der Waals surface area (Å²) in [5, 5.41) is 44.2. The minimum atomic E-state index is -0.924. The molecule has 1 N–H and O–H groups in total. The summed E-state index contributed by atoms with van der Waals surface area (Å²) in [5.41, 5.74) is 3.13. The minimum Gasteiger partial charge on any atom is -0.388 e. The summed E-state index contributed by atoms with van der Waals surface area (Å²) in [6, 6.07) is 16.2. The number of nitrogens with one attached hydrogen (secondary N) is 1. The lowest BCUT2D eigenvalue weighted by Crippen LogP contribution is -2.59. The summed E-state index contributed by atoms with van der Waals surface area (Å²) in [4.78, 5) is 46.4. The van der Waals surface area contributed by atoms with E-state index in [0.29, 0.717) is 31.6 Å². The van der Waals surface area contributed by atoms with Crippen molar-refractivity contribution in [3.8, 4) is 11.3 Å². The first-order valence-electron chi connectivity index (χ1n) is 10.1. The van der Waals surface area contributed by atoms with Crippen LogP contribution in [0.25, 0.3) is 22.2 Å². The van der Waals surface area contributed by atoms with Crippen molar-refractivity contribution in [2.24, 2.45) is 0 Å². The zero-order valence-corrected chi connectivity index (χ0v) is 18.7. The van der Waals surface area contributed by atoms with Gasteiger partial charge >= 0.3 is 0 Å². The van der Waals surface area contributed by atoms with Gasteiger partial charge < -0.3 is 5.32 Å². The summed E-state index contributed by atoms with van der Waals surface area (Å²) < 4.78 is 0. The SMILES string of the molecule is CNc1ccc(-c2cc([N+](=O)[O-])c3ccccc3n2)cc1.O=[N+]([O-])N1CN([N+](=O)[O-])CN([N+](=O)[O-])C1.